The van der Waals surface area contributed by atoms with Crippen molar-refractivity contribution in [3.63, 3.8) is 0 Å². The van der Waals surface area contributed by atoms with Crippen LogP contribution in [0.5, 0.6) is 5.75 Å². The number of hydrogen-bond acceptors (Lipinski definition) is 4. The van der Waals surface area contributed by atoms with Crippen LogP contribution >= 0.6 is 0 Å². The van der Waals surface area contributed by atoms with Crippen LogP contribution in [0.25, 0.3) is 10.9 Å². The standard InChI is InChI=1S/C20H27N3O2/c1-21-7-9-22(10-8-21)11-12-23-19-6-5-16(25-2)13-17(19)18(14-24)20(23)15-3-4-15/h5-6,13-15H,3-4,7-12H2,1-2H3. The number of methoxy groups -OCH3 is 1. The van der Waals surface area contributed by atoms with Gasteiger partial charge < -0.3 is 14.2 Å². The maximum Gasteiger partial charge on any atom is 0.152 e. The molecule has 2 aromatic rings. The predicted octanol–water partition coefficient (Wildman–Crippen LogP) is 2.59. The molecule has 1 aliphatic heterocycles. The molecule has 5 nitrogen and oxygen atoms in total. The number of fused-ring (bicyclic) bond motifs is 1. The maximum atomic E-state index is 11.9. The Hall–Kier alpha value is -1.85. The Labute approximate surface area is 149 Å². The Balaban J connectivity index is 1.66. The third-order valence-corrected chi connectivity index (χ3v) is 5.67. The van der Waals surface area contributed by atoms with Gasteiger partial charge in [0.2, 0.25) is 0 Å². The Bertz CT molecular complexity index is 771. The summed E-state index contributed by atoms with van der Waals surface area (Å²) in [6, 6.07) is 6.12. The van der Waals surface area contributed by atoms with Gasteiger partial charge in [0, 0.05) is 61.4 Å². The molecule has 1 saturated heterocycles. The van der Waals surface area contributed by atoms with Crippen molar-refractivity contribution in [3.05, 3.63) is 29.5 Å². The number of rotatable bonds is 6. The van der Waals surface area contributed by atoms with E-state index in [0.29, 0.717) is 5.92 Å². The van der Waals surface area contributed by atoms with Crippen LogP contribution in [0.1, 0.15) is 34.8 Å². The third kappa shape index (κ3) is 3.18. The van der Waals surface area contributed by atoms with E-state index in [1.165, 1.54) is 24.1 Å². The number of piperazine rings is 1. The summed E-state index contributed by atoms with van der Waals surface area (Å²) in [6.07, 6.45) is 3.44. The number of hydrogen-bond donors (Lipinski definition) is 0. The first-order valence-electron chi connectivity index (χ1n) is 9.27. The first-order chi connectivity index (χ1) is 12.2. The van der Waals surface area contributed by atoms with E-state index < -0.39 is 0 Å². The van der Waals surface area contributed by atoms with E-state index in [1.807, 2.05) is 12.1 Å². The van der Waals surface area contributed by atoms with Gasteiger partial charge in [0.25, 0.3) is 0 Å². The van der Waals surface area contributed by atoms with E-state index in [9.17, 15) is 4.79 Å². The zero-order valence-corrected chi connectivity index (χ0v) is 15.2. The van der Waals surface area contributed by atoms with E-state index >= 15 is 0 Å². The fraction of sp³-hybridized carbons (Fsp3) is 0.550. The second-order valence-corrected chi connectivity index (χ2v) is 7.37. The van der Waals surface area contributed by atoms with Crippen molar-refractivity contribution in [2.75, 3.05) is 46.9 Å². The normalized spacial score (nSPS) is 19.4. The molecule has 134 valence electrons. The van der Waals surface area contributed by atoms with Crippen molar-refractivity contribution in [1.29, 1.82) is 0 Å². The molecule has 0 amide bonds. The van der Waals surface area contributed by atoms with E-state index in [4.69, 9.17) is 4.74 Å². The minimum atomic E-state index is 0.547. The van der Waals surface area contributed by atoms with Gasteiger partial charge in [0.05, 0.1) is 7.11 Å². The largest absolute Gasteiger partial charge is 0.497 e. The second-order valence-electron chi connectivity index (χ2n) is 7.37. The number of ether oxygens (including phenoxy) is 1. The average molecular weight is 341 g/mol. The Kier molecular flexibility index (Phi) is 4.52. The lowest BCUT2D eigenvalue weighted by atomic mass is 10.1. The molecule has 0 unspecified atom stereocenters. The molecule has 1 aromatic heterocycles. The van der Waals surface area contributed by atoms with E-state index in [2.05, 4.69) is 27.5 Å². The highest BCUT2D eigenvalue weighted by atomic mass is 16.5. The molecule has 4 rings (SSSR count). The zero-order chi connectivity index (χ0) is 17.4. The van der Waals surface area contributed by atoms with Crippen molar-refractivity contribution in [2.45, 2.75) is 25.3 Å². The van der Waals surface area contributed by atoms with Crippen molar-refractivity contribution in [1.82, 2.24) is 14.4 Å². The molecule has 0 N–H and O–H groups in total. The molecule has 2 heterocycles. The van der Waals surface area contributed by atoms with E-state index in [0.717, 1.165) is 62.3 Å². The van der Waals surface area contributed by atoms with Crippen LogP contribution in [-0.2, 0) is 6.54 Å². The van der Waals surface area contributed by atoms with Crippen molar-refractivity contribution in [2.24, 2.45) is 0 Å². The summed E-state index contributed by atoms with van der Waals surface area (Å²) < 4.78 is 7.77. The molecule has 2 fully saturated rings. The number of carbonyl (C=O) groups is 1. The number of nitrogens with zero attached hydrogens (tertiary/aromatic N) is 3. The van der Waals surface area contributed by atoms with Crippen LogP contribution in [0, 0.1) is 0 Å². The fourth-order valence-electron chi connectivity index (χ4n) is 3.98. The molecule has 0 bridgehead atoms. The number of aromatic nitrogens is 1. The van der Waals surface area contributed by atoms with Crippen molar-refractivity contribution >= 4 is 17.2 Å². The predicted molar refractivity (Wildman–Crippen MR) is 99.8 cm³/mol. The molecule has 1 aromatic carbocycles. The molecule has 1 aliphatic carbocycles. The number of carbonyl (C=O) groups excluding carboxylic acids is 1. The highest BCUT2D eigenvalue weighted by Crippen LogP contribution is 2.45. The Morgan fingerprint density at radius 1 is 1.16 bits per heavy atom. The summed E-state index contributed by atoms with van der Waals surface area (Å²) in [4.78, 5) is 16.8. The van der Waals surface area contributed by atoms with Crippen LogP contribution < -0.4 is 4.74 Å². The van der Waals surface area contributed by atoms with Crippen LogP contribution in [0.15, 0.2) is 18.2 Å². The Morgan fingerprint density at radius 2 is 1.92 bits per heavy atom. The summed E-state index contributed by atoms with van der Waals surface area (Å²) in [6.45, 7) is 6.52. The van der Waals surface area contributed by atoms with Gasteiger partial charge in [-0.05, 0) is 44.0 Å². The zero-order valence-electron chi connectivity index (χ0n) is 15.2. The fourth-order valence-corrected chi connectivity index (χ4v) is 3.98. The quantitative estimate of drug-likeness (QED) is 0.757. The lowest BCUT2D eigenvalue weighted by Gasteiger charge is -2.32. The molecule has 2 aliphatic rings. The molecule has 0 spiro atoms. The first kappa shape index (κ1) is 16.6. The Morgan fingerprint density at radius 3 is 2.56 bits per heavy atom. The molecule has 25 heavy (non-hydrogen) atoms. The van der Waals surface area contributed by atoms with Crippen molar-refractivity contribution in [3.8, 4) is 5.75 Å². The third-order valence-electron chi connectivity index (χ3n) is 5.67. The van der Waals surface area contributed by atoms with Gasteiger partial charge in [0.1, 0.15) is 5.75 Å². The smallest absolute Gasteiger partial charge is 0.152 e. The van der Waals surface area contributed by atoms with Crippen molar-refractivity contribution < 1.29 is 9.53 Å². The van der Waals surface area contributed by atoms with Crippen LogP contribution in [0.3, 0.4) is 0 Å². The SMILES string of the molecule is COc1ccc2c(c1)c(C=O)c(C1CC1)n2CCN1CCN(C)CC1. The molecule has 0 radical (unpaired) electrons. The van der Waals surface area contributed by atoms with Gasteiger partial charge in [-0.2, -0.15) is 0 Å². The monoisotopic (exact) mass is 341 g/mol. The molecular weight excluding hydrogens is 314 g/mol. The minimum Gasteiger partial charge on any atom is -0.497 e. The summed E-state index contributed by atoms with van der Waals surface area (Å²) in [5.74, 6) is 1.36. The van der Waals surface area contributed by atoms with E-state index in [1.54, 1.807) is 7.11 Å². The highest BCUT2D eigenvalue weighted by Gasteiger charge is 2.32. The lowest BCUT2D eigenvalue weighted by molar-refractivity contribution is 0.112. The average Bonchev–Trinajstić information content (AvgIpc) is 3.43. The number of benzene rings is 1. The van der Waals surface area contributed by atoms with Gasteiger partial charge in [-0.25, -0.2) is 0 Å². The van der Waals surface area contributed by atoms with Crippen LogP contribution in [-0.4, -0.2) is 67.5 Å². The maximum absolute atomic E-state index is 11.9. The van der Waals surface area contributed by atoms with Crippen LogP contribution in [0.2, 0.25) is 0 Å². The van der Waals surface area contributed by atoms with Gasteiger partial charge in [0.15, 0.2) is 6.29 Å². The minimum absolute atomic E-state index is 0.547. The molecular formula is C20H27N3O2. The van der Waals surface area contributed by atoms with Crippen LogP contribution in [0.4, 0.5) is 0 Å². The topological polar surface area (TPSA) is 37.7 Å². The molecule has 1 saturated carbocycles. The summed E-state index contributed by atoms with van der Waals surface area (Å²) in [5, 5.41) is 1.04. The lowest BCUT2D eigenvalue weighted by Crippen LogP contribution is -2.45. The summed E-state index contributed by atoms with van der Waals surface area (Å²) >= 11 is 0. The van der Waals surface area contributed by atoms with Gasteiger partial charge >= 0.3 is 0 Å². The first-order valence-corrected chi connectivity index (χ1v) is 9.27. The summed E-state index contributed by atoms with van der Waals surface area (Å²) in [7, 11) is 3.86. The number of aldehydes is 1. The number of likely N-dealkylation sites (N-methyl/N-ethyl adjacent to an activating group) is 1. The van der Waals surface area contributed by atoms with E-state index in [-0.39, 0.29) is 0 Å². The summed E-state index contributed by atoms with van der Waals surface area (Å²) in [5.41, 5.74) is 3.28. The van der Waals surface area contributed by atoms with Gasteiger partial charge in [-0.3, -0.25) is 9.69 Å². The molecule has 5 heteroatoms. The van der Waals surface area contributed by atoms with Gasteiger partial charge in [-0.15, -0.1) is 0 Å². The molecule has 0 atom stereocenters. The second kappa shape index (κ2) is 6.81. The highest BCUT2D eigenvalue weighted by molar-refractivity contribution is 6.00. The van der Waals surface area contributed by atoms with Gasteiger partial charge in [-0.1, -0.05) is 0 Å².